The number of carboxylic acid groups (broad SMARTS) is 1. The lowest BCUT2D eigenvalue weighted by molar-refractivity contribution is -0.146. The lowest BCUT2D eigenvalue weighted by Gasteiger charge is -2.59. The van der Waals surface area contributed by atoms with Gasteiger partial charge in [-0.15, -0.1) is 0 Å². The normalized spacial score (nSPS) is 40.2. The molecule has 2 fully saturated rings. The molecule has 4 aliphatic rings. The number of Topliss-reactive ketones (excluding diaryl/α,β-unsaturated/α-hetero) is 3. The van der Waals surface area contributed by atoms with Crippen LogP contribution in [0.1, 0.15) is 87.0 Å². The van der Waals surface area contributed by atoms with E-state index in [9.17, 15) is 29.1 Å². The summed E-state index contributed by atoms with van der Waals surface area (Å²) in [7, 11) is 0. The van der Waals surface area contributed by atoms with Crippen molar-refractivity contribution in [2.24, 2.45) is 39.4 Å². The number of ketones is 4. The summed E-state index contributed by atoms with van der Waals surface area (Å²) in [5, 5.41) is 20.7. The zero-order chi connectivity index (χ0) is 27.9. The van der Waals surface area contributed by atoms with E-state index in [1.165, 1.54) is 13.0 Å². The highest BCUT2D eigenvalue weighted by Crippen LogP contribution is 2.70. The third kappa shape index (κ3) is 3.67. The summed E-state index contributed by atoms with van der Waals surface area (Å²) in [4.78, 5) is 64.5. The van der Waals surface area contributed by atoms with Gasteiger partial charge in [-0.2, -0.15) is 0 Å². The first-order chi connectivity index (χ1) is 16.9. The van der Waals surface area contributed by atoms with Crippen molar-refractivity contribution in [2.45, 2.75) is 93.1 Å². The van der Waals surface area contributed by atoms with Crippen LogP contribution in [0, 0.1) is 39.4 Å². The summed E-state index contributed by atoms with van der Waals surface area (Å²) in [6, 6.07) is 0. The topological polar surface area (TPSA) is 126 Å². The van der Waals surface area contributed by atoms with Gasteiger partial charge in [0, 0.05) is 53.1 Å². The minimum absolute atomic E-state index is 0.0987. The first kappa shape index (κ1) is 27.6. The Labute approximate surface area is 218 Å². The van der Waals surface area contributed by atoms with Gasteiger partial charge in [-0.05, 0) is 43.1 Å². The van der Waals surface area contributed by atoms with Crippen molar-refractivity contribution in [1.82, 2.24) is 0 Å². The Kier molecular flexibility index (Phi) is 6.38. The fraction of sp³-hybridized carbons (Fsp3) is 0.700. The summed E-state index contributed by atoms with van der Waals surface area (Å²) < 4.78 is 0. The fourth-order valence-electron chi connectivity index (χ4n) is 8.49. The van der Waals surface area contributed by atoms with E-state index >= 15 is 0 Å². The van der Waals surface area contributed by atoms with E-state index in [2.05, 4.69) is 0 Å². The average molecular weight is 513 g/mol. The molecule has 4 rings (SSSR count). The summed E-state index contributed by atoms with van der Waals surface area (Å²) in [6.45, 7) is 12.9. The van der Waals surface area contributed by atoms with Gasteiger partial charge in [0.2, 0.25) is 0 Å². The minimum atomic E-state index is -1.04. The minimum Gasteiger partial charge on any atom is -0.481 e. The molecule has 0 heterocycles. The van der Waals surface area contributed by atoms with Crippen molar-refractivity contribution in [3.63, 3.8) is 0 Å². The molecule has 0 aliphatic heterocycles. The molecule has 1 unspecified atom stereocenters. The molecule has 37 heavy (non-hydrogen) atoms. The molecule has 0 aromatic carbocycles. The van der Waals surface area contributed by atoms with Crippen LogP contribution in [0.2, 0.25) is 0 Å². The van der Waals surface area contributed by atoms with Gasteiger partial charge < -0.3 is 10.2 Å². The Balaban J connectivity index is 1.81. The lowest BCUT2D eigenvalue weighted by atomic mass is 9.43. The first-order valence-electron chi connectivity index (χ1n) is 13.4. The molecule has 202 valence electrons. The number of aliphatic hydroxyl groups is 1. The Hall–Kier alpha value is -2.41. The van der Waals surface area contributed by atoms with Gasteiger partial charge >= 0.3 is 5.97 Å². The molecule has 0 bridgehead atoms. The summed E-state index contributed by atoms with van der Waals surface area (Å²) in [5.74, 6) is -2.88. The lowest BCUT2D eigenvalue weighted by Crippen LogP contribution is -2.59. The highest BCUT2D eigenvalue weighted by molar-refractivity contribution is 6.12. The van der Waals surface area contributed by atoms with Gasteiger partial charge in [-0.25, -0.2) is 0 Å². The number of rotatable bonds is 5. The number of fused-ring (bicyclic) bond motifs is 4. The van der Waals surface area contributed by atoms with Crippen molar-refractivity contribution in [2.75, 3.05) is 0 Å². The van der Waals surface area contributed by atoms with Crippen LogP contribution in [0.5, 0.6) is 0 Å². The van der Waals surface area contributed by atoms with E-state index in [1.807, 2.05) is 34.6 Å². The van der Waals surface area contributed by atoms with Crippen LogP contribution in [-0.2, 0) is 24.0 Å². The number of carboxylic acids is 1. The predicted octanol–water partition coefficient (Wildman–Crippen LogP) is 4.26. The highest BCUT2D eigenvalue weighted by Gasteiger charge is 2.69. The SMILES string of the molecule is C/C(=C\C(=O)CC(C)C(=O)O)[C@H]1C[C@H](O)[C@@]2(C)C3=C(C(=O)C[C@]12C)[C@@]1(C)CCC(=O)C(C)(C)[C@@H]1CC3=O. The van der Waals surface area contributed by atoms with Gasteiger partial charge in [-0.3, -0.25) is 24.0 Å². The first-order valence-corrected chi connectivity index (χ1v) is 13.4. The number of allylic oxidation sites excluding steroid dienone is 3. The van der Waals surface area contributed by atoms with E-state index < -0.39 is 39.7 Å². The van der Waals surface area contributed by atoms with E-state index in [-0.39, 0.29) is 54.2 Å². The standard InChI is InChI=1S/C30H40O7/c1-15(10-17(31)11-16(2)26(36)37)18-12-23(35)30(7)25-19(32)13-21-27(3,4)22(34)8-9-28(21,5)24(25)20(33)14-29(18,30)6/h10,16,18,21,23,35H,8-9,11-14H2,1-7H3,(H,36,37)/b15-10+/t16?,18-,21+,23+,28+,29-,30+/m1/s1. The Morgan fingerprint density at radius 2 is 1.68 bits per heavy atom. The number of aliphatic carboxylic acids is 1. The molecule has 7 heteroatoms. The highest BCUT2D eigenvalue weighted by atomic mass is 16.4. The molecule has 0 aromatic rings. The van der Waals surface area contributed by atoms with Gasteiger partial charge in [-0.1, -0.05) is 47.1 Å². The van der Waals surface area contributed by atoms with E-state index in [0.29, 0.717) is 36.0 Å². The van der Waals surface area contributed by atoms with E-state index in [4.69, 9.17) is 5.11 Å². The number of carbonyl (C=O) groups excluding carboxylic acids is 4. The van der Waals surface area contributed by atoms with E-state index in [1.54, 1.807) is 6.92 Å². The van der Waals surface area contributed by atoms with Crippen LogP contribution in [0.3, 0.4) is 0 Å². The van der Waals surface area contributed by atoms with Gasteiger partial charge in [0.05, 0.1) is 12.0 Å². The molecular weight excluding hydrogens is 472 g/mol. The Morgan fingerprint density at radius 1 is 1.05 bits per heavy atom. The average Bonchev–Trinajstić information content (AvgIpc) is 2.99. The van der Waals surface area contributed by atoms with Crippen molar-refractivity contribution in [3.05, 3.63) is 22.8 Å². The van der Waals surface area contributed by atoms with Crippen LogP contribution in [-0.4, -0.2) is 45.4 Å². The number of hydrogen-bond donors (Lipinski definition) is 2. The maximum atomic E-state index is 14.0. The van der Waals surface area contributed by atoms with Gasteiger partial charge in [0.25, 0.3) is 0 Å². The van der Waals surface area contributed by atoms with Crippen LogP contribution in [0.4, 0.5) is 0 Å². The van der Waals surface area contributed by atoms with Crippen molar-refractivity contribution in [3.8, 4) is 0 Å². The molecule has 0 aromatic heterocycles. The second-order valence-corrected chi connectivity index (χ2v) is 13.3. The van der Waals surface area contributed by atoms with E-state index in [0.717, 1.165) is 0 Å². The van der Waals surface area contributed by atoms with Crippen LogP contribution >= 0.6 is 0 Å². The molecule has 2 N–H and O–H groups in total. The Morgan fingerprint density at radius 3 is 2.27 bits per heavy atom. The quantitative estimate of drug-likeness (QED) is 0.527. The number of hydrogen-bond acceptors (Lipinski definition) is 6. The second kappa shape index (κ2) is 8.55. The zero-order valence-electron chi connectivity index (χ0n) is 23.1. The van der Waals surface area contributed by atoms with Crippen molar-refractivity contribution in [1.29, 1.82) is 0 Å². The molecule has 0 saturated heterocycles. The van der Waals surface area contributed by atoms with Gasteiger partial charge in [0.15, 0.2) is 17.3 Å². The van der Waals surface area contributed by atoms with Crippen LogP contribution < -0.4 is 0 Å². The summed E-state index contributed by atoms with van der Waals surface area (Å²) in [5.41, 5.74) is -1.46. The fourth-order valence-corrected chi connectivity index (χ4v) is 8.49. The third-order valence-electron chi connectivity index (χ3n) is 11.0. The largest absolute Gasteiger partial charge is 0.481 e. The maximum Gasteiger partial charge on any atom is 0.306 e. The van der Waals surface area contributed by atoms with Crippen molar-refractivity contribution >= 4 is 29.1 Å². The summed E-state index contributed by atoms with van der Waals surface area (Å²) in [6.07, 6.45) is 1.92. The molecule has 0 amide bonds. The molecule has 0 radical (unpaired) electrons. The van der Waals surface area contributed by atoms with Crippen LogP contribution in [0.15, 0.2) is 22.8 Å². The number of carbonyl (C=O) groups is 5. The smallest absolute Gasteiger partial charge is 0.306 e. The second-order valence-electron chi connectivity index (χ2n) is 13.3. The summed E-state index contributed by atoms with van der Waals surface area (Å²) >= 11 is 0. The van der Waals surface area contributed by atoms with Gasteiger partial charge in [0.1, 0.15) is 5.78 Å². The van der Waals surface area contributed by atoms with Crippen LogP contribution in [0.25, 0.3) is 0 Å². The molecular formula is C30H40O7. The Bertz CT molecular complexity index is 1170. The molecule has 0 spiro atoms. The third-order valence-corrected chi connectivity index (χ3v) is 11.0. The predicted molar refractivity (Wildman–Crippen MR) is 136 cm³/mol. The zero-order valence-corrected chi connectivity index (χ0v) is 23.1. The molecule has 4 aliphatic carbocycles. The van der Waals surface area contributed by atoms with Crippen molar-refractivity contribution < 1.29 is 34.2 Å². The number of aliphatic hydroxyl groups excluding tert-OH is 1. The maximum absolute atomic E-state index is 14.0. The molecule has 7 atom stereocenters. The molecule has 2 saturated carbocycles. The monoisotopic (exact) mass is 512 g/mol. The molecule has 7 nitrogen and oxygen atoms in total.